The average Bonchev–Trinajstić information content (AvgIpc) is 3.43. The summed E-state index contributed by atoms with van der Waals surface area (Å²) < 4.78 is 0. The van der Waals surface area contributed by atoms with Crippen LogP contribution in [0.4, 0.5) is 0 Å². The third-order valence-electron chi connectivity index (χ3n) is 8.88. The van der Waals surface area contributed by atoms with Crippen LogP contribution in [-0.4, -0.2) is 47.6 Å². The molecule has 3 atom stereocenters. The third kappa shape index (κ3) is 11.2. The van der Waals surface area contributed by atoms with E-state index in [1.54, 1.807) is 0 Å². The average molecular weight is 475 g/mol. The summed E-state index contributed by atoms with van der Waals surface area (Å²) >= 11 is 0. The Morgan fingerprint density at radius 3 is 1.79 bits per heavy atom. The van der Waals surface area contributed by atoms with Crippen molar-refractivity contribution in [3.8, 4) is 0 Å². The van der Waals surface area contributed by atoms with Crippen LogP contribution in [0.5, 0.6) is 0 Å². The van der Waals surface area contributed by atoms with E-state index in [2.05, 4.69) is 43.2 Å². The Bertz CT molecular complexity index is 477. The molecule has 200 valence electrons. The molecule has 0 N–H and O–H groups in total. The van der Waals surface area contributed by atoms with Crippen LogP contribution >= 0.6 is 0 Å². The highest BCUT2D eigenvalue weighted by molar-refractivity contribution is 5.02. The van der Waals surface area contributed by atoms with E-state index < -0.39 is 0 Å². The molecule has 2 bridgehead atoms. The second kappa shape index (κ2) is 18.9. The molecule has 2 saturated heterocycles. The fourth-order valence-electron chi connectivity index (χ4n) is 6.79. The number of likely N-dealkylation sites (tertiary alicyclic amines) is 2. The van der Waals surface area contributed by atoms with Gasteiger partial charge in [0.2, 0.25) is 0 Å². The van der Waals surface area contributed by atoms with Crippen molar-refractivity contribution in [1.82, 2.24) is 9.80 Å². The van der Waals surface area contributed by atoms with Crippen molar-refractivity contribution < 1.29 is 0 Å². The summed E-state index contributed by atoms with van der Waals surface area (Å²) in [5, 5.41) is 0. The van der Waals surface area contributed by atoms with Gasteiger partial charge in [-0.25, -0.2) is 0 Å². The van der Waals surface area contributed by atoms with Crippen molar-refractivity contribution in [2.75, 3.05) is 19.6 Å². The Labute approximate surface area is 215 Å². The van der Waals surface area contributed by atoms with Gasteiger partial charge in [0, 0.05) is 37.8 Å². The van der Waals surface area contributed by atoms with Crippen molar-refractivity contribution in [2.45, 2.75) is 167 Å². The minimum absolute atomic E-state index is 0.831. The van der Waals surface area contributed by atoms with Gasteiger partial charge in [0.05, 0.1) is 0 Å². The maximum atomic E-state index is 3.97. The van der Waals surface area contributed by atoms with E-state index in [0.29, 0.717) is 0 Å². The topological polar surface area (TPSA) is 6.48 Å². The first-order chi connectivity index (χ1) is 16.7. The van der Waals surface area contributed by atoms with E-state index in [4.69, 9.17) is 0 Å². The van der Waals surface area contributed by atoms with E-state index in [9.17, 15) is 0 Å². The molecule has 0 aromatic carbocycles. The smallest absolute Gasteiger partial charge is 0.0242 e. The number of allylic oxidation sites excluding steroid dienone is 1. The first-order valence-corrected chi connectivity index (χ1v) is 15.8. The Balaban J connectivity index is 1.83. The molecule has 2 aliphatic rings. The highest BCUT2D eigenvalue weighted by atomic mass is 15.4. The molecule has 1 unspecified atom stereocenters. The summed E-state index contributed by atoms with van der Waals surface area (Å²) in [7, 11) is 0. The molecule has 2 rings (SSSR count). The number of rotatable bonds is 23. The standard InChI is InChI=1S/C32H62N2/c1-5-9-13-16-20-24-30(23-17-12-8-4)34-28-31-25-32(34)27-33(31)26-29(21-18-14-10-6-2)22-19-15-11-7-3/h8,29-32H,4-7,9-28H2,1-3H3/t30?,31-,32-/m1/s1. The summed E-state index contributed by atoms with van der Waals surface area (Å²) in [6.45, 7) is 15.1. The molecular weight excluding hydrogens is 412 g/mol. The summed E-state index contributed by atoms with van der Waals surface area (Å²) in [4.78, 5) is 5.91. The Kier molecular flexibility index (Phi) is 16.6. The summed E-state index contributed by atoms with van der Waals surface area (Å²) in [6.07, 6.45) is 30.4. The molecule has 0 aromatic rings. The zero-order chi connectivity index (χ0) is 24.4. The number of unbranched alkanes of at least 4 members (excludes halogenated alkanes) is 11. The van der Waals surface area contributed by atoms with Crippen LogP contribution < -0.4 is 0 Å². The molecule has 0 aliphatic carbocycles. The van der Waals surface area contributed by atoms with Crippen LogP contribution in [-0.2, 0) is 0 Å². The lowest BCUT2D eigenvalue weighted by Gasteiger charge is -2.40. The Hall–Kier alpha value is -0.340. The summed E-state index contributed by atoms with van der Waals surface area (Å²) in [5.41, 5.74) is 0. The zero-order valence-corrected chi connectivity index (χ0v) is 23.8. The molecule has 2 heterocycles. The van der Waals surface area contributed by atoms with Crippen molar-refractivity contribution >= 4 is 0 Å². The molecule has 2 nitrogen and oxygen atoms in total. The largest absolute Gasteiger partial charge is 0.297 e. The molecule has 2 aliphatic heterocycles. The van der Waals surface area contributed by atoms with Crippen LogP contribution in [0.2, 0.25) is 0 Å². The number of nitrogens with zero attached hydrogens (tertiary/aromatic N) is 2. The van der Waals surface area contributed by atoms with Crippen molar-refractivity contribution in [3.05, 3.63) is 12.7 Å². The fraction of sp³-hybridized carbons (Fsp3) is 0.938. The molecule has 0 radical (unpaired) electrons. The predicted molar refractivity (Wildman–Crippen MR) is 153 cm³/mol. The maximum Gasteiger partial charge on any atom is 0.0242 e. The lowest BCUT2D eigenvalue weighted by atomic mass is 9.93. The molecule has 0 saturated carbocycles. The number of piperazine rings is 1. The molecular formula is C32H62N2. The fourth-order valence-corrected chi connectivity index (χ4v) is 6.79. The van der Waals surface area contributed by atoms with Crippen molar-refractivity contribution in [1.29, 1.82) is 0 Å². The highest BCUT2D eigenvalue weighted by Crippen LogP contribution is 2.36. The van der Waals surface area contributed by atoms with Crippen LogP contribution in [0, 0.1) is 5.92 Å². The van der Waals surface area contributed by atoms with Crippen LogP contribution in [0.3, 0.4) is 0 Å². The van der Waals surface area contributed by atoms with Crippen molar-refractivity contribution in [3.63, 3.8) is 0 Å². The van der Waals surface area contributed by atoms with E-state index >= 15 is 0 Å². The van der Waals surface area contributed by atoms with Gasteiger partial charge in [-0.2, -0.15) is 0 Å². The van der Waals surface area contributed by atoms with Gasteiger partial charge in [-0.15, -0.1) is 6.58 Å². The maximum absolute atomic E-state index is 3.97. The first kappa shape index (κ1) is 29.9. The van der Waals surface area contributed by atoms with Gasteiger partial charge in [0.1, 0.15) is 0 Å². The summed E-state index contributed by atoms with van der Waals surface area (Å²) in [6, 6.07) is 2.52. The Morgan fingerprint density at radius 1 is 0.676 bits per heavy atom. The number of fused-ring (bicyclic) bond motifs is 2. The molecule has 0 amide bonds. The predicted octanol–water partition coefficient (Wildman–Crippen LogP) is 9.39. The molecule has 0 aromatic heterocycles. The highest BCUT2D eigenvalue weighted by Gasteiger charge is 2.45. The molecule has 34 heavy (non-hydrogen) atoms. The van der Waals surface area contributed by atoms with Crippen LogP contribution in [0.25, 0.3) is 0 Å². The second-order valence-corrected chi connectivity index (χ2v) is 11.8. The van der Waals surface area contributed by atoms with Gasteiger partial charge < -0.3 is 0 Å². The number of hydrogen-bond donors (Lipinski definition) is 0. The van der Waals surface area contributed by atoms with Gasteiger partial charge >= 0.3 is 0 Å². The van der Waals surface area contributed by atoms with Crippen molar-refractivity contribution in [2.24, 2.45) is 5.92 Å². The third-order valence-corrected chi connectivity index (χ3v) is 8.88. The van der Waals surface area contributed by atoms with Gasteiger partial charge in [0.15, 0.2) is 0 Å². The van der Waals surface area contributed by atoms with Gasteiger partial charge in [0.25, 0.3) is 0 Å². The SMILES string of the molecule is C=CCCCC(CCCCCCC)N1C[C@H]2C[C@@H]1CN2CC(CCCCCC)CCCCCC. The normalized spacial score (nSPS) is 21.6. The molecule has 0 spiro atoms. The lowest BCUT2D eigenvalue weighted by molar-refractivity contribution is 0.0710. The van der Waals surface area contributed by atoms with Gasteiger partial charge in [-0.05, 0) is 50.9 Å². The number of hydrogen-bond acceptors (Lipinski definition) is 2. The van der Waals surface area contributed by atoms with Crippen LogP contribution in [0.15, 0.2) is 12.7 Å². The van der Waals surface area contributed by atoms with E-state index in [0.717, 1.165) is 24.0 Å². The van der Waals surface area contributed by atoms with Gasteiger partial charge in [-0.1, -0.05) is 110 Å². The molecule has 2 fully saturated rings. The zero-order valence-electron chi connectivity index (χ0n) is 23.8. The quantitative estimate of drug-likeness (QED) is 0.107. The summed E-state index contributed by atoms with van der Waals surface area (Å²) in [5.74, 6) is 0.948. The first-order valence-electron chi connectivity index (χ1n) is 15.8. The minimum atomic E-state index is 0.831. The minimum Gasteiger partial charge on any atom is -0.297 e. The lowest BCUT2D eigenvalue weighted by Crippen LogP contribution is -2.51. The molecule has 2 heteroatoms. The second-order valence-electron chi connectivity index (χ2n) is 11.8. The van der Waals surface area contributed by atoms with E-state index in [1.165, 1.54) is 148 Å². The monoisotopic (exact) mass is 474 g/mol. The van der Waals surface area contributed by atoms with E-state index in [-0.39, 0.29) is 0 Å². The van der Waals surface area contributed by atoms with E-state index in [1.807, 2.05) is 0 Å². The van der Waals surface area contributed by atoms with Crippen LogP contribution in [0.1, 0.15) is 149 Å². The Morgan fingerprint density at radius 2 is 1.24 bits per heavy atom. The van der Waals surface area contributed by atoms with Gasteiger partial charge in [-0.3, -0.25) is 9.80 Å².